The van der Waals surface area contributed by atoms with Crippen molar-refractivity contribution in [2.24, 2.45) is 17.3 Å². The first-order valence-corrected chi connectivity index (χ1v) is 9.27. The van der Waals surface area contributed by atoms with Gasteiger partial charge in [0.15, 0.2) is 0 Å². The number of methoxy groups -OCH3 is 1. The van der Waals surface area contributed by atoms with Crippen LogP contribution in [-0.4, -0.2) is 31.4 Å². The van der Waals surface area contributed by atoms with E-state index >= 15 is 0 Å². The third-order valence-electron chi connectivity index (χ3n) is 7.20. The van der Waals surface area contributed by atoms with E-state index in [1.54, 1.807) is 7.11 Å². The molecule has 0 spiro atoms. The predicted octanol–water partition coefficient (Wildman–Crippen LogP) is 3.41. The number of nitrogens with one attached hydrogen (secondary N) is 1. The Labute approximate surface area is 145 Å². The largest absolute Gasteiger partial charge is 0.497 e. The summed E-state index contributed by atoms with van der Waals surface area (Å²) in [7, 11) is 3.68. The van der Waals surface area contributed by atoms with Gasteiger partial charge in [0, 0.05) is 12.0 Å². The number of rotatable bonds is 3. The van der Waals surface area contributed by atoms with Crippen LogP contribution < -0.4 is 10.1 Å². The summed E-state index contributed by atoms with van der Waals surface area (Å²) >= 11 is 0. The van der Waals surface area contributed by atoms with Crippen LogP contribution in [0.25, 0.3) is 5.57 Å². The average Bonchev–Trinajstić information content (AvgIpc) is 2.86. The Morgan fingerprint density at radius 3 is 2.92 bits per heavy atom. The number of aryl methyl sites for hydroxylation is 1. The van der Waals surface area contributed by atoms with E-state index in [0.29, 0.717) is 18.4 Å². The third kappa shape index (κ3) is 2.11. The van der Waals surface area contributed by atoms with Gasteiger partial charge in [0.1, 0.15) is 5.75 Å². The second kappa shape index (κ2) is 5.60. The van der Waals surface area contributed by atoms with Gasteiger partial charge in [-0.25, -0.2) is 0 Å². The molecule has 3 aliphatic rings. The molecule has 24 heavy (non-hydrogen) atoms. The van der Waals surface area contributed by atoms with E-state index in [9.17, 15) is 5.11 Å². The Morgan fingerprint density at radius 1 is 1.33 bits per heavy atom. The van der Waals surface area contributed by atoms with Crippen molar-refractivity contribution in [2.45, 2.75) is 44.6 Å². The molecule has 3 nitrogen and oxygen atoms in total. The minimum absolute atomic E-state index is 0.00580. The van der Waals surface area contributed by atoms with Crippen LogP contribution in [0.5, 0.6) is 5.75 Å². The lowest BCUT2D eigenvalue weighted by Gasteiger charge is -2.49. The number of hydrogen-bond donors (Lipinski definition) is 2. The van der Waals surface area contributed by atoms with Crippen LogP contribution in [0.4, 0.5) is 0 Å². The molecule has 4 rings (SSSR count). The zero-order chi connectivity index (χ0) is 16.9. The lowest BCUT2D eigenvalue weighted by atomic mass is 9.57. The second-order valence-corrected chi connectivity index (χ2v) is 8.16. The van der Waals surface area contributed by atoms with Gasteiger partial charge in [0.05, 0.1) is 12.7 Å². The Hall–Kier alpha value is -1.32. The number of ether oxygens (including phenoxy) is 1. The lowest BCUT2D eigenvalue weighted by Crippen LogP contribution is -2.53. The quantitative estimate of drug-likeness (QED) is 0.894. The summed E-state index contributed by atoms with van der Waals surface area (Å²) in [5.41, 5.74) is 3.78. The van der Waals surface area contributed by atoms with Crippen molar-refractivity contribution in [1.82, 2.24) is 5.32 Å². The molecule has 0 heterocycles. The van der Waals surface area contributed by atoms with Gasteiger partial charge < -0.3 is 15.2 Å². The second-order valence-electron chi connectivity index (χ2n) is 8.16. The molecule has 1 aromatic carbocycles. The van der Waals surface area contributed by atoms with Crippen molar-refractivity contribution in [3.8, 4) is 5.75 Å². The van der Waals surface area contributed by atoms with Gasteiger partial charge in [-0.2, -0.15) is 0 Å². The van der Waals surface area contributed by atoms with Crippen LogP contribution >= 0.6 is 0 Å². The number of likely N-dealkylation sites (N-methyl/N-ethyl adjacent to an activating group) is 1. The van der Waals surface area contributed by atoms with Crippen LogP contribution in [0.1, 0.15) is 43.7 Å². The zero-order valence-electron chi connectivity index (χ0n) is 15.1. The van der Waals surface area contributed by atoms with Crippen LogP contribution in [0, 0.1) is 17.3 Å². The monoisotopic (exact) mass is 327 g/mol. The highest BCUT2D eigenvalue weighted by Crippen LogP contribution is 2.62. The molecule has 2 N–H and O–H groups in total. The van der Waals surface area contributed by atoms with Crippen LogP contribution in [0.15, 0.2) is 24.3 Å². The maximum absolute atomic E-state index is 11.3. The van der Waals surface area contributed by atoms with Crippen molar-refractivity contribution in [2.75, 3.05) is 20.7 Å². The minimum atomic E-state index is -0.575. The van der Waals surface area contributed by atoms with Crippen molar-refractivity contribution >= 4 is 5.57 Å². The van der Waals surface area contributed by atoms with E-state index in [1.165, 1.54) is 23.1 Å². The molecule has 1 saturated carbocycles. The fraction of sp³-hybridized carbons (Fsp3) is 0.619. The summed E-state index contributed by atoms with van der Waals surface area (Å²) in [4.78, 5) is 0. The predicted molar refractivity (Wildman–Crippen MR) is 97.1 cm³/mol. The smallest absolute Gasteiger partial charge is 0.119 e. The number of fused-ring (bicyclic) bond motifs is 5. The fourth-order valence-corrected chi connectivity index (χ4v) is 5.77. The molecule has 130 valence electrons. The Balaban J connectivity index is 1.72. The molecule has 0 radical (unpaired) electrons. The molecule has 0 bridgehead atoms. The van der Waals surface area contributed by atoms with E-state index in [4.69, 9.17) is 4.74 Å². The van der Waals surface area contributed by atoms with Crippen molar-refractivity contribution in [3.63, 3.8) is 0 Å². The first kappa shape index (κ1) is 16.2. The van der Waals surface area contributed by atoms with E-state index in [0.717, 1.165) is 31.4 Å². The Kier molecular flexibility index (Phi) is 3.77. The summed E-state index contributed by atoms with van der Waals surface area (Å²) in [5, 5.41) is 14.5. The molecule has 1 aromatic rings. The summed E-state index contributed by atoms with van der Waals surface area (Å²) in [6, 6.07) is 6.53. The van der Waals surface area contributed by atoms with Gasteiger partial charge in [-0.05, 0) is 79.8 Å². The molecular formula is C21H29NO2. The minimum Gasteiger partial charge on any atom is -0.497 e. The molecule has 4 atom stereocenters. The van der Waals surface area contributed by atoms with Crippen LogP contribution in [-0.2, 0) is 6.42 Å². The third-order valence-corrected chi connectivity index (χ3v) is 7.20. The maximum Gasteiger partial charge on any atom is 0.119 e. The highest BCUT2D eigenvalue weighted by atomic mass is 16.5. The van der Waals surface area contributed by atoms with E-state index in [2.05, 4.69) is 36.5 Å². The van der Waals surface area contributed by atoms with E-state index < -0.39 is 5.60 Å². The highest BCUT2D eigenvalue weighted by molar-refractivity contribution is 5.74. The molecule has 0 saturated heterocycles. The molecule has 0 unspecified atom stereocenters. The summed E-state index contributed by atoms with van der Waals surface area (Å²) in [6.07, 6.45) is 7.78. The van der Waals surface area contributed by atoms with Crippen LogP contribution in [0.2, 0.25) is 0 Å². The fourth-order valence-electron chi connectivity index (χ4n) is 5.77. The normalized spacial score (nSPS) is 37.2. The summed E-state index contributed by atoms with van der Waals surface area (Å²) in [6.45, 7) is 3.02. The Bertz CT molecular complexity index is 682. The van der Waals surface area contributed by atoms with E-state index in [-0.39, 0.29) is 5.41 Å². The van der Waals surface area contributed by atoms with Crippen molar-refractivity contribution in [1.29, 1.82) is 0 Å². The molecule has 1 fully saturated rings. The lowest BCUT2D eigenvalue weighted by molar-refractivity contribution is -0.0731. The van der Waals surface area contributed by atoms with Gasteiger partial charge in [0.2, 0.25) is 0 Å². The standard InChI is InChI=1S/C21H29NO2/c1-20-10-8-17-16-7-5-15(24-3)12-14(16)4-6-18(17)19(20)9-11-21(20,23)13-22-2/h5,7-8,12,18-19,22-23H,4,6,9-11,13H2,1-3H3/t18-,19+,20+,21-/m1/s1. The molecule has 0 aromatic heterocycles. The summed E-state index contributed by atoms with van der Waals surface area (Å²) in [5.74, 6) is 2.14. The number of allylic oxidation sites excluding steroid dienone is 2. The topological polar surface area (TPSA) is 41.5 Å². The van der Waals surface area contributed by atoms with Gasteiger partial charge in [-0.1, -0.05) is 19.1 Å². The molecule has 3 aliphatic carbocycles. The number of aliphatic hydroxyl groups is 1. The van der Waals surface area contributed by atoms with Gasteiger partial charge in [-0.15, -0.1) is 0 Å². The Morgan fingerprint density at radius 2 is 2.17 bits per heavy atom. The SMILES string of the molecule is CNC[C@]1(O)CC[C@H]2[C@@H]3CCc4cc(OC)ccc4C3=CC[C@@]21C. The summed E-state index contributed by atoms with van der Waals surface area (Å²) < 4.78 is 5.40. The molecular weight excluding hydrogens is 298 g/mol. The van der Waals surface area contributed by atoms with Crippen LogP contribution in [0.3, 0.4) is 0 Å². The molecule has 3 heteroatoms. The average molecular weight is 327 g/mol. The van der Waals surface area contributed by atoms with Gasteiger partial charge >= 0.3 is 0 Å². The van der Waals surface area contributed by atoms with Crippen molar-refractivity contribution < 1.29 is 9.84 Å². The number of hydrogen-bond acceptors (Lipinski definition) is 3. The molecule has 0 amide bonds. The van der Waals surface area contributed by atoms with Gasteiger partial charge in [0.25, 0.3) is 0 Å². The first-order valence-electron chi connectivity index (χ1n) is 9.27. The van der Waals surface area contributed by atoms with Crippen molar-refractivity contribution in [3.05, 3.63) is 35.4 Å². The molecule has 0 aliphatic heterocycles. The zero-order valence-corrected chi connectivity index (χ0v) is 15.1. The maximum atomic E-state index is 11.3. The van der Waals surface area contributed by atoms with E-state index in [1.807, 2.05) is 7.05 Å². The number of benzene rings is 1. The highest BCUT2D eigenvalue weighted by Gasteiger charge is 2.59. The first-order chi connectivity index (χ1) is 11.5. The van der Waals surface area contributed by atoms with Gasteiger partial charge in [-0.3, -0.25) is 0 Å².